The van der Waals surface area contributed by atoms with Crippen molar-refractivity contribution in [1.29, 1.82) is 0 Å². The third kappa shape index (κ3) is 3.46. The molecule has 172 valence electrons. The highest BCUT2D eigenvalue weighted by molar-refractivity contribution is 5.97. The number of fused-ring (bicyclic) bond motifs is 4. The Bertz CT molecular complexity index is 1540. The Labute approximate surface area is 208 Å². The van der Waals surface area contributed by atoms with Crippen LogP contribution in [-0.2, 0) is 5.41 Å². The molecule has 0 bridgehead atoms. The fourth-order valence-electron chi connectivity index (χ4n) is 5.85. The van der Waals surface area contributed by atoms with Gasteiger partial charge in [0.25, 0.3) is 0 Å². The lowest BCUT2D eigenvalue weighted by Crippen LogP contribution is -2.26. The molecule has 1 aliphatic carbocycles. The minimum Gasteiger partial charge on any atom is -0.339 e. The maximum absolute atomic E-state index is 2.43. The van der Waals surface area contributed by atoms with Crippen LogP contribution in [0.15, 0.2) is 109 Å². The monoisotopic (exact) mass is 453 g/mol. The van der Waals surface area contributed by atoms with Gasteiger partial charge < -0.3 is 4.90 Å². The van der Waals surface area contributed by atoms with Crippen molar-refractivity contribution in [3.05, 3.63) is 120 Å². The van der Waals surface area contributed by atoms with Gasteiger partial charge >= 0.3 is 0 Å². The summed E-state index contributed by atoms with van der Waals surface area (Å²) in [5, 5.41) is 2.59. The highest BCUT2D eigenvalue weighted by Gasteiger charge is 2.36. The second-order valence-electron chi connectivity index (χ2n) is 10.4. The van der Waals surface area contributed by atoms with Gasteiger partial charge in [0.05, 0.1) is 0 Å². The molecule has 5 aromatic carbocycles. The van der Waals surface area contributed by atoms with E-state index in [0.717, 1.165) is 0 Å². The number of benzene rings is 5. The predicted octanol–water partition coefficient (Wildman–Crippen LogP) is 9.36. The molecule has 0 fully saturated rings. The van der Waals surface area contributed by atoms with Crippen molar-refractivity contribution in [3.63, 3.8) is 0 Å². The Hall–Kier alpha value is -3.84. The molecule has 0 N–H and O–H groups in total. The van der Waals surface area contributed by atoms with Crippen molar-refractivity contribution in [3.8, 4) is 22.3 Å². The quantitative estimate of drug-likeness (QED) is 0.262. The molecule has 0 atom stereocenters. The minimum atomic E-state index is -0.0688. The van der Waals surface area contributed by atoms with E-state index >= 15 is 0 Å². The second-order valence-corrected chi connectivity index (χ2v) is 10.4. The number of rotatable bonds is 4. The van der Waals surface area contributed by atoms with Gasteiger partial charge in [0, 0.05) is 22.8 Å². The van der Waals surface area contributed by atoms with Crippen molar-refractivity contribution in [1.82, 2.24) is 0 Å². The van der Waals surface area contributed by atoms with Gasteiger partial charge in [0.15, 0.2) is 0 Å². The largest absolute Gasteiger partial charge is 0.339 e. The zero-order valence-corrected chi connectivity index (χ0v) is 20.9. The number of nitrogens with zero attached hydrogens (tertiary/aromatic N) is 1. The van der Waals surface area contributed by atoms with E-state index in [1.54, 1.807) is 0 Å². The first kappa shape index (κ1) is 21.7. The van der Waals surface area contributed by atoms with E-state index in [9.17, 15) is 0 Å². The highest BCUT2D eigenvalue weighted by Crippen LogP contribution is 2.51. The molecule has 1 heteroatoms. The van der Waals surface area contributed by atoms with Crippen LogP contribution in [0.4, 0.5) is 11.4 Å². The zero-order valence-electron chi connectivity index (χ0n) is 20.9. The van der Waals surface area contributed by atoms with Crippen LogP contribution >= 0.6 is 0 Å². The fraction of sp³-hybridized carbons (Fsp3) is 0.176. The summed E-state index contributed by atoms with van der Waals surface area (Å²) in [4.78, 5) is 2.43. The van der Waals surface area contributed by atoms with Crippen LogP contribution in [0.25, 0.3) is 33.0 Å². The molecular formula is C34H31N. The molecule has 0 aliphatic heterocycles. The molecule has 0 radical (unpaired) electrons. The van der Waals surface area contributed by atoms with Gasteiger partial charge in [-0.15, -0.1) is 0 Å². The number of hydrogen-bond acceptors (Lipinski definition) is 1. The van der Waals surface area contributed by atoms with Crippen molar-refractivity contribution in [2.75, 3.05) is 4.90 Å². The van der Waals surface area contributed by atoms with Crippen molar-refractivity contribution in [2.45, 2.75) is 39.2 Å². The molecule has 0 spiro atoms. The van der Waals surface area contributed by atoms with Gasteiger partial charge in [-0.1, -0.05) is 92.7 Å². The number of hydrogen-bond donors (Lipinski definition) is 0. The van der Waals surface area contributed by atoms with Crippen LogP contribution in [0.3, 0.4) is 0 Å². The van der Waals surface area contributed by atoms with Crippen molar-refractivity contribution >= 4 is 22.1 Å². The van der Waals surface area contributed by atoms with E-state index < -0.39 is 0 Å². The molecule has 0 saturated heterocycles. The normalized spacial score (nSPS) is 13.6. The lowest BCUT2D eigenvalue weighted by Gasteiger charge is -2.31. The average Bonchev–Trinajstić information content (AvgIpc) is 3.10. The standard InChI is InChI=1S/C34H31N/c1-23(2)35(26-13-6-5-7-14-26)27-18-20-31-30-19-17-25(21-32(30)34(3,4)33(31)22-27)29-16-10-12-24-11-8-9-15-28(24)29/h5-23H,1-4H3. The number of para-hydroxylation sites is 1. The van der Waals surface area contributed by atoms with E-state index in [1.165, 1.54) is 55.5 Å². The summed E-state index contributed by atoms with van der Waals surface area (Å²) in [6, 6.07) is 40.4. The summed E-state index contributed by atoms with van der Waals surface area (Å²) >= 11 is 0. The molecule has 6 rings (SSSR count). The summed E-state index contributed by atoms with van der Waals surface area (Å²) in [5.74, 6) is 0. The maximum Gasteiger partial charge on any atom is 0.0416 e. The van der Waals surface area contributed by atoms with Crippen LogP contribution in [0, 0.1) is 0 Å². The SMILES string of the molecule is CC(C)N(c1ccccc1)c1ccc2c(c1)C(C)(C)c1cc(-c3cccc4ccccc34)ccc1-2. The topological polar surface area (TPSA) is 3.24 Å². The molecule has 0 heterocycles. The average molecular weight is 454 g/mol. The van der Waals surface area contributed by atoms with E-state index in [1.807, 2.05) is 0 Å². The van der Waals surface area contributed by atoms with Gasteiger partial charge in [-0.05, 0) is 88.3 Å². The molecule has 0 unspecified atom stereocenters. The molecule has 1 nitrogen and oxygen atoms in total. The summed E-state index contributed by atoms with van der Waals surface area (Å²) < 4.78 is 0. The summed E-state index contributed by atoms with van der Waals surface area (Å²) in [6.45, 7) is 9.26. The Balaban J connectivity index is 1.47. The minimum absolute atomic E-state index is 0.0688. The van der Waals surface area contributed by atoms with E-state index in [4.69, 9.17) is 0 Å². The Kier molecular flexibility index (Phi) is 5.04. The fourth-order valence-corrected chi connectivity index (χ4v) is 5.85. The Morgan fingerprint density at radius 2 is 1.23 bits per heavy atom. The molecule has 0 saturated carbocycles. The second kappa shape index (κ2) is 8.13. The first-order valence-electron chi connectivity index (χ1n) is 12.6. The van der Waals surface area contributed by atoms with Gasteiger partial charge in [-0.3, -0.25) is 0 Å². The lowest BCUT2D eigenvalue weighted by molar-refractivity contribution is 0.659. The smallest absolute Gasteiger partial charge is 0.0416 e. The molecule has 0 aromatic heterocycles. The van der Waals surface area contributed by atoms with E-state index in [0.29, 0.717) is 6.04 Å². The summed E-state index contributed by atoms with van der Waals surface area (Å²) in [7, 11) is 0. The Morgan fingerprint density at radius 3 is 2.00 bits per heavy atom. The first-order valence-corrected chi connectivity index (χ1v) is 12.6. The van der Waals surface area contributed by atoms with Gasteiger partial charge in [0.2, 0.25) is 0 Å². The lowest BCUT2D eigenvalue weighted by atomic mass is 9.81. The molecule has 0 amide bonds. The molecule has 1 aliphatic rings. The third-order valence-electron chi connectivity index (χ3n) is 7.59. The van der Waals surface area contributed by atoms with Crippen LogP contribution in [0.5, 0.6) is 0 Å². The molecule has 35 heavy (non-hydrogen) atoms. The number of anilines is 2. The maximum atomic E-state index is 2.43. The van der Waals surface area contributed by atoms with E-state index in [-0.39, 0.29) is 5.41 Å². The molecular weight excluding hydrogens is 422 g/mol. The van der Waals surface area contributed by atoms with Crippen LogP contribution in [0.1, 0.15) is 38.8 Å². The van der Waals surface area contributed by atoms with Gasteiger partial charge in [0.1, 0.15) is 0 Å². The predicted molar refractivity (Wildman–Crippen MR) is 151 cm³/mol. The van der Waals surface area contributed by atoms with Crippen molar-refractivity contribution < 1.29 is 0 Å². The van der Waals surface area contributed by atoms with Gasteiger partial charge in [-0.2, -0.15) is 0 Å². The third-order valence-corrected chi connectivity index (χ3v) is 7.59. The van der Waals surface area contributed by atoms with Crippen LogP contribution in [0.2, 0.25) is 0 Å². The first-order chi connectivity index (χ1) is 16.9. The van der Waals surface area contributed by atoms with Gasteiger partial charge in [-0.25, -0.2) is 0 Å². The van der Waals surface area contributed by atoms with E-state index in [2.05, 4.69) is 142 Å². The molecule has 5 aromatic rings. The zero-order chi connectivity index (χ0) is 24.2. The highest BCUT2D eigenvalue weighted by atomic mass is 15.2. The Morgan fingerprint density at radius 1 is 0.571 bits per heavy atom. The van der Waals surface area contributed by atoms with Crippen LogP contribution in [-0.4, -0.2) is 6.04 Å². The van der Waals surface area contributed by atoms with Crippen molar-refractivity contribution in [2.24, 2.45) is 0 Å². The summed E-state index contributed by atoms with van der Waals surface area (Å²) in [6.07, 6.45) is 0. The summed E-state index contributed by atoms with van der Waals surface area (Å²) in [5.41, 5.74) is 10.5. The van der Waals surface area contributed by atoms with Crippen LogP contribution < -0.4 is 4.90 Å².